The first kappa shape index (κ1) is 22.9. The van der Waals surface area contributed by atoms with Crippen LogP contribution in [0.25, 0.3) is 22.3 Å². The van der Waals surface area contributed by atoms with Crippen molar-refractivity contribution in [2.24, 2.45) is 0 Å². The second-order valence-electron chi connectivity index (χ2n) is 9.73. The number of imidazole rings is 1. The van der Waals surface area contributed by atoms with E-state index >= 15 is 0 Å². The molecule has 36 heavy (non-hydrogen) atoms. The number of pyridine rings is 1. The van der Waals surface area contributed by atoms with Gasteiger partial charge in [-0.3, -0.25) is 9.20 Å². The molecule has 1 saturated carbocycles. The van der Waals surface area contributed by atoms with Crippen LogP contribution in [0.2, 0.25) is 0 Å². The van der Waals surface area contributed by atoms with Gasteiger partial charge in [-0.05, 0) is 63.6 Å². The Balaban J connectivity index is 0.00000280. The molecule has 0 radical (unpaired) electrons. The smallest absolute Gasteiger partial charge is 0.272 e. The summed E-state index contributed by atoms with van der Waals surface area (Å²) in [5.41, 5.74) is 4.15. The standard InChI is InChI=1S/C26H30FN7O2.H2/c1-17(27)36-20-7-5-19(6-8-20)30-26-29-14-22-21(10-13-34(22)31-26)18-4-9-24-28-15-23(33(24)16-18)25(35)32-11-2-3-12-32;/h4,9-10,13-17,19-20H,2-3,5-8,11-12H2,1H3,(H,30,31);1H. The van der Waals surface area contributed by atoms with Gasteiger partial charge in [0.05, 0.1) is 24.0 Å². The maximum absolute atomic E-state index is 13.1. The number of anilines is 1. The van der Waals surface area contributed by atoms with Crippen LogP contribution in [0.15, 0.2) is 43.0 Å². The van der Waals surface area contributed by atoms with Crippen LogP contribution in [0.1, 0.15) is 57.4 Å². The van der Waals surface area contributed by atoms with E-state index in [9.17, 15) is 9.18 Å². The van der Waals surface area contributed by atoms with Gasteiger partial charge >= 0.3 is 0 Å². The number of alkyl halides is 1. The van der Waals surface area contributed by atoms with Crippen molar-refractivity contribution in [1.29, 1.82) is 0 Å². The van der Waals surface area contributed by atoms with Gasteiger partial charge in [0, 0.05) is 44.1 Å². The average Bonchev–Trinajstić information content (AvgIpc) is 3.63. The minimum Gasteiger partial charge on any atom is -0.350 e. The van der Waals surface area contributed by atoms with E-state index in [4.69, 9.17) is 4.74 Å². The van der Waals surface area contributed by atoms with E-state index in [1.807, 2.05) is 50.6 Å². The molecule has 6 rings (SSSR count). The Morgan fingerprint density at radius 3 is 2.72 bits per heavy atom. The average molecular weight is 494 g/mol. The fourth-order valence-electron chi connectivity index (χ4n) is 5.38. The van der Waals surface area contributed by atoms with Gasteiger partial charge in [-0.1, -0.05) is 0 Å². The van der Waals surface area contributed by atoms with Crippen LogP contribution >= 0.6 is 0 Å². The van der Waals surface area contributed by atoms with Gasteiger partial charge < -0.3 is 15.0 Å². The monoisotopic (exact) mass is 493 g/mol. The quantitative estimate of drug-likeness (QED) is 0.423. The molecule has 1 unspecified atom stereocenters. The van der Waals surface area contributed by atoms with Crippen LogP contribution in [0.3, 0.4) is 0 Å². The third-order valence-electron chi connectivity index (χ3n) is 7.23. The van der Waals surface area contributed by atoms with Crippen molar-refractivity contribution in [1.82, 2.24) is 28.9 Å². The number of ether oxygens (including phenoxy) is 1. The highest BCUT2D eigenvalue weighted by Gasteiger charge is 2.24. The number of fused-ring (bicyclic) bond motifs is 2. The first-order valence-corrected chi connectivity index (χ1v) is 12.7. The normalized spacial score (nSPS) is 21.3. The summed E-state index contributed by atoms with van der Waals surface area (Å²) in [4.78, 5) is 23.9. The van der Waals surface area contributed by atoms with Crippen LogP contribution in [0.4, 0.5) is 10.3 Å². The van der Waals surface area contributed by atoms with Crippen molar-refractivity contribution in [3.05, 3.63) is 48.7 Å². The van der Waals surface area contributed by atoms with Crippen LogP contribution < -0.4 is 5.32 Å². The summed E-state index contributed by atoms with van der Waals surface area (Å²) in [5, 5.41) is 8.07. The molecule has 0 aromatic carbocycles. The second kappa shape index (κ2) is 9.50. The van der Waals surface area contributed by atoms with Gasteiger partial charge in [0.15, 0.2) is 6.36 Å². The van der Waals surface area contributed by atoms with Crippen molar-refractivity contribution < 1.29 is 15.3 Å². The Bertz CT molecular complexity index is 1390. The molecule has 4 aromatic rings. The van der Waals surface area contributed by atoms with Crippen LogP contribution in [0, 0.1) is 0 Å². The molecular weight excluding hydrogens is 461 g/mol. The number of carbonyl (C=O) groups is 1. The van der Waals surface area contributed by atoms with Crippen LogP contribution in [-0.2, 0) is 4.74 Å². The number of rotatable bonds is 6. The molecule has 0 bridgehead atoms. The number of aromatic nitrogens is 5. The number of nitrogens with zero attached hydrogens (tertiary/aromatic N) is 6. The van der Waals surface area contributed by atoms with Crippen molar-refractivity contribution in [3.8, 4) is 11.1 Å². The zero-order valence-electron chi connectivity index (χ0n) is 20.3. The van der Waals surface area contributed by atoms with Crippen molar-refractivity contribution in [2.75, 3.05) is 18.4 Å². The minimum absolute atomic E-state index is 0. The number of hydrogen-bond acceptors (Lipinski definition) is 6. The largest absolute Gasteiger partial charge is 0.350 e. The zero-order chi connectivity index (χ0) is 24.6. The van der Waals surface area contributed by atoms with Gasteiger partial charge in [0.25, 0.3) is 5.91 Å². The molecule has 4 aromatic heterocycles. The number of hydrogen-bond donors (Lipinski definition) is 1. The molecule has 1 aliphatic heterocycles. The summed E-state index contributed by atoms with van der Waals surface area (Å²) >= 11 is 0. The third-order valence-corrected chi connectivity index (χ3v) is 7.23. The number of nitrogens with one attached hydrogen (secondary N) is 1. The van der Waals surface area contributed by atoms with Crippen LogP contribution in [-0.4, -0.2) is 66.4 Å². The predicted molar refractivity (Wildman–Crippen MR) is 136 cm³/mol. The molecule has 1 N–H and O–H groups in total. The van der Waals surface area contributed by atoms with E-state index in [1.54, 1.807) is 6.20 Å². The molecule has 1 aliphatic carbocycles. The first-order valence-electron chi connectivity index (χ1n) is 12.7. The molecule has 2 aliphatic rings. The summed E-state index contributed by atoms with van der Waals surface area (Å²) in [6.07, 6.45) is 11.6. The Morgan fingerprint density at radius 2 is 1.94 bits per heavy atom. The molecule has 9 nitrogen and oxygen atoms in total. The fourth-order valence-corrected chi connectivity index (χ4v) is 5.38. The second-order valence-corrected chi connectivity index (χ2v) is 9.73. The van der Waals surface area contributed by atoms with E-state index in [0.717, 1.165) is 73.9 Å². The van der Waals surface area contributed by atoms with Gasteiger partial charge in [0.1, 0.15) is 11.3 Å². The Hall–Kier alpha value is -3.53. The highest BCUT2D eigenvalue weighted by Crippen LogP contribution is 2.28. The summed E-state index contributed by atoms with van der Waals surface area (Å²) in [7, 11) is 0. The number of carbonyl (C=O) groups excluding carboxylic acids is 1. The zero-order valence-corrected chi connectivity index (χ0v) is 20.3. The Morgan fingerprint density at radius 1 is 1.14 bits per heavy atom. The highest BCUT2D eigenvalue weighted by molar-refractivity contribution is 5.93. The summed E-state index contributed by atoms with van der Waals surface area (Å²) < 4.78 is 22.1. The van der Waals surface area contributed by atoms with Gasteiger partial charge in [-0.15, -0.1) is 5.10 Å². The third kappa shape index (κ3) is 4.41. The lowest BCUT2D eigenvalue weighted by Crippen LogP contribution is -2.31. The van der Waals surface area contributed by atoms with Gasteiger partial charge in [0.2, 0.25) is 5.95 Å². The SMILES string of the molecule is CC(F)OC1CCC(Nc2ncc3c(-c4ccc5ncc(C(=O)N6CCCC6)n5c4)ccn3n2)CC1.[HH]. The lowest BCUT2D eigenvalue weighted by Gasteiger charge is -2.29. The number of halogens is 1. The molecule has 2 fully saturated rings. The van der Waals surface area contributed by atoms with E-state index in [1.165, 1.54) is 6.92 Å². The molecule has 10 heteroatoms. The topological polar surface area (TPSA) is 89.1 Å². The lowest BCUT2D eigenvalue weighted by atomic mass is 9.93. The van der Waals surface area contributed by atoms with Crippen molar-refractivity contribution in [3.63, 3.8) is 0 Å². The Kier molecular flexibility index (Phi) is 6.04. The van der Waals surface area contributed by atoms with Gasteiger partial charge in [-0.2, -0.15) is 0 Å². The van der Waals surface area contributed by atoms with Crippen LogP contribution in [0.5, 0.6) is 0 Å². The fraction of sp³-hybridized carbons (Fsp3) is 0.462. The minimum atomic E-state index is -1.22. The van der Waals surface area contributed by atoms with E-state index in [2.05, 4.69) is 20.4 Å². The predicted octanol–water partition coefficient (Wildman–Crippen LogP) is 4.58. The molecule has 190 valence electrons. The maximum atomic E-state index is 13.1. The van der Waals surface area contributed by atoms with Gasteiger partial charge in [-0.25, -0.2) is 18.9 Å². The number of likely N-dealkylation sites (tertiary alicyclic amines) is 1. The molecule has 1 atom stereocenters. The molecule has 1 amide bonds. The maximum Gasteiger partial charge on any atom is 0.272 e. The highest BCUT2D eigenvalue weighted by atomic mass is 19.1. The van der Waals surface area contributed by atoms with Crippen molar-refractivity contribution in [2.45, 2.75) is 64.0 Å². The molecule has 1 saturated heterocycles. The molecule has 0 spiro atoms. The van der Waals surface area contributed by atoms with E-state index < -0.39 is 6.36 Å². The molecule has 5 heterocycles. The first-order chi connectivity index (χ1) is 17.5. The van der Waals surface area contributed by atoms with E-state index in [0.29, 0.717) is 11.6 Å². The number of amides is 1. The Labute approximate surface area is 209 Å². The van der Waals surface area contributed by atoms with E-state index in [-0.39, 0.29) is 19.5 Å². The summed E-state index contributed by atoms with van der Waals surface area (Å²) in [6, 6.07) is 6.18. The summed E-state index contributed by atoms with van der Waals surface area (Å²) in [6.45, 7) is 3.03. The van der Waals surface area contributed by atoms with Crippen molar-refractivity contribution >= 4 is 23.0 Å². The lowest BCUT2D eigenvalue weighted by molar-refractivity contribution is -0.0862. The summed E-state index contributed by atoms with van der Waals surface area (Å²) in [5.74, 6) is 0.592. The molecular formula is C26H32FN7O2.